The van der Waals surface area contributed by atoms with Gasteiger partial charge in [0.25, 0.3) is 5.91 Å². The minimum absolute atomic E-state index is 0.0163. The normalized spacial score (nSPS) is 17.1. The Bertz CT molecular complexity index is 1070. The van der Waals surface area contributed by atoms with Crippen LogP contribution in [0.4, 0.5) is 5.82 Å². The predicted molar refractivity (Wildman–Crippen MR) is 110 cm³/mol. The molecule has 2 aromatic heterocycles. The number of carbonyl (C=O) groups excluding carboxylic acids is 1. The lowest BCUT2D eigenvalue weighted by Gasteiger charge is -2.34. The average Bonchev–Trinajstić information content (AvgIpc) is 3.23. The van der Waals surface area contributed by atoms with Gasteiger partial charge in [-0.3, -0.25) is 4.79 Å². The Labute approximate surface area is 167 Å². The molecule has 144 valence electrons. The van der Waals surface area contributed by atoms with Gasteiger partial charge >= 0.3 is 0 Å². The van der Waals surface area contributed by atoms with Gasteiger partial charge in [-0.25, -0.2) is 9.97 Å². The molecule has 0 radical (unpaired) electrons. The van der Waals surface area contributed by atoms with Crippen molar-refractivity contribution in [1.82, 2.24) is 15.3 Å². The van der Waals surface area contributed by atoms with Crippen LogP contribution < -0.4 is 15.0 Å². The first-order valence-corrected chi connectivity index (χ1v) is 10.5. The van der Waals surface area contributed by atoms with Gasteiger partial charge in [0.1, 0.15) is 17.7 Å². The van der Waals surface area contributed by atoms with E-state index < -0.39 is 0 Å². The summed E-state index contributed by atoms with van der Waals surface area (Å²) in [5, 5.41) is 3.93. The maximum Gasteiger partial charge on any atom is 0.253 e. The molecule has 7 heteroatoms. The van der Waals surface area contributed by atoms with Crippen molar-refractivity contribution in [2.75, 3.05) is 18.0 Å². The van der Waals surface area contributed by atoms with Crippen molar-refractivity contribution in [3.63, 3.8) is 0 Å². The number of piperidine rings is 1. The quantitative estimate of drug-likeness (QED) is 0.735. The number of hydrogen-bond acceptors (Lipinski definition) is 6. The first-order valence-electron chi connectivity index (χ1n) is 9.64. The molecule has 1 aromatic carbocycles. The molecule has 28 heavy (non-hydrogen) atoms. The van der Waals surface area contributed by atoms with E-state index in [2.05, 4.69) is 21.3 Å². The molecule has 3 aromatic rings. The van der Waals surface area contributed by atoms with Crippen LogP contribution in [0.2, 0.25) is 0 Å². The topological polar surface area (TPSA) is 67.3 Å². The minimum atomic E-state index is -0.0163. The van der Waals surface area contributed by atoms with Gasteiger partial charge in [-0.2, -0.15) is 0 Å². The summed E-state index contributed by atoms with van der Waals surface area (Å²) in [6.45, 7) is 6.40. The number of aromatic nitrogens is 2. The number of hydrogen-bond donors (Lipinski definition) is 1. The van der Waals surface area contributed by atoms with E-state index in [1.807, 2.05) is 32.0 Å². The molecule has 1 fully saturated rings. The summed E-state index contributed by atoms with van der Waals surface area (Å²) in [5.41, 5.74) is 3.67. The third-order valence-electron chi connectivity index (χ3n) is 5.44. The van der Waals surface area contributed by atoms with E-state index in [-0.39, 0.29) is 12.0 Å². The maximum absolute atomic E-state index is 11.8. The van der Waals surface area contributed by atoms with Gasteiger partial charge < -0.3 is 15.0 Å². The molecular weight excluding hydrogens is 372 g/mol. The number of amides is 1. The fourth-order valence-corrected chi connectivity index (χ4v) is 4.88. The second-order valence-electron chi connectivity index (χ2n) is 7.47. The third-order valence-corrected chi connectivity index (χ3v) is 6.37. The molecule has 1 saturated heterocycles. The highest BCUT2D eigenvalue weighted by molar-refractivity contribution is 7.18. The molecule has 4 heterocycles. The molecule has 0 atom stereocenters. The molecule has 0 aliphatic carbocycles. The smallest absolute Gasteiger partial charge is 0.253 e. The van der Waals surface area contributed by atoms with E-state index in [0.717, 1.165) is 59.3 Å². The van der Waals surface area contributed by atoms with Gasteiger partial charge in [0, 0.05) is 25.9 Å². The van der Waals surface area contributed by atoms with Crippen LogP contribution in [0.3, 0.4) is 0 Å². The number of benzene rings is 1. The summed E-state index contributed by atoms with van der Waals surface area (Å²) in [6.07, 6.45) is 2.12. The third kappa shape index (κ3) is 3.09. The van der Waals surface area contributed by atoms with E-state index in [0.29, 0.717) is 12.1 Å². The second kappa shape index (κ2) is 6.74. The summed E-state index contributed by atoms with van der Waals surface area (Å²) < 4.78 is 7.43. The lowest BCUT2D eigenvalue weighted by molar-refractivity contribution is 0.0965. The van der Waals surface area contributed by atoms with E-state index in [4.69, 9.17) is 9.72 Å². The molecular formula is C21H22N4O2S. The molecule has 0 unspecified atom stereocenters. The van der Waals surface area contributed by atoms with E-state index in [1.54, 1.807) is 11.3 Å². The highest BCUT2D eigenvalue weighted by Crippen LogP contribution is 2.30. The van der Waals surface area contributed by atoms with Crippen molar-refractivity contribution >= 4 is 33.3 Å². The zero-order chi connectivity index (χ0) is 19.3. The monoisotopic (exact) mass is 394 g/mol. The van der Waals surface area contributed by atoms with Crippen molar-refractivity contribution in [2.45, 2.75) is 39.3 Å². The van der Waals surface area contributed by atoms with Crippen LogP contribution in [0, 0.1) is 13.8 Å². The Morgan fingerprint density at radius 2 is 2.00 bits per heavy atom. The maximum atomic E-state index is 11.8. The molecule has 1 N–H and O–H groups in total. The zero-order valence-corrected chi connectivity index (χ0v) is 16.8. The Morgan fingerprint density at radius 3 is 2.82 bits per heavy atom. The number of ether oxygens (including phenoxy) is 1. The van der Waals surface area contributed by atoms with Gasteiger partial charge in [0.15, 0.2) is 0 Å². The van der Waals surface area contributed by atoms with Crippen LogP contribution in [0.1, 0.15) is 39.5 Å². The number of carbonyl (C=O) groups is 1. The van der Waals surface area contributed by atoms with Crippen molar-refractivity contribution < 1.29 is 9.53 Å². The van der Waals surface area contributed by atoms with E-state index in [9.17, 15) is 4.79 Å². The van der Waals surface area contributed by atoms with Crippen LogP contribution in [-0.2, 0) is 6.54 Å². The number of nitrogens with one attached hydrogen (secondary N) is 1. The molecule has 0 spiro atoms. The zero-order valence-electron chi connectivity index (χ0n) is 16.0. The van der Waals surface area contributed by atoms with Crippen LogP contribution in [0.15, 0.2) is 24.3 Å². The number of anilines is 1. The average molecular weight is 395 g/mol. The fraction of sp³-hybridized carbons (Fsp3) is 0.381. The largest absolute Gasteiger partial charge is 0.490 e. The molecule has 6 nitrogen and oxygen atoms in total. The Kier molecular flexibility index (Phi) is 4.19. The van der Waals surface area contributed by atoms with Crippen LogP contribution in [0.5, 0.6) is 5.75 Å². The van der Waals surface area contributed by atoms with Crippen molar-refractivity contribution in [3.05, 3.63) is 46.1 Å². The highest BCUT2D eigenvalue weighted by Gasteiger charge is 2.26. The van der Waals surface area contributed by atoms with Crippen molar-refractivity contribution in [1.29, 1.82) is 0 Å². The minimum Gasteiger partial charge on any atom is -0.490 e. The number of fused-ring (bicyclic) bond motifs is 2. The van der Waals surface area contributed by atoms with Crippen LogP contribution in [-0.4, -0.2) is 35.1 Å². The number of pyridine rings is 1. The SMILES string of the molecule is Cc1nc2ccc(OC3CCN(c4nc5c(cc4C)C(=O)NC5)CC3)cc2s1. The summed E-state index contributed by atoms with van der Waals surface area (Å²) in [7, 11) is 0. The van der Waals surface area contributed by atoms with Gasteiger partial charge in [-0.05, 0) is 43.7 Å². The first-order chi connectivity index (χ1) is 13.6. The van der Waals surface area contributed by atoms with Crippen molar-refractivity contribution in [2.24, 2.45) is 0 Å². The summed E-state index contributed by atoms with van der Waals surface area (Å²) in [5.74, 6) is 1.90. The second-order valence-corrected chi connectivity index (χ2v) is 8.71. The molecule has 0 bridgehead atoms. The Hall–Kier alpha value is -2.67. The lowest BCUT2D eigenvalue weighted by atomic mass is 10.1. The van der Waals surface area contributed by atoms with Crippen molar-refractivity contribution in [3.8, 4) is 5.75 Å². The standard InChI is InChI=1S/C21H22N4O2S/c1-12-9-16-18(11-22-21(16)26)24-20(12)25-7-5-14(6-8-25)27-15-3-4-17-19(10-15)28-13(2)23-17/h3-4,9-10,14H,5-8,11H2,1-2H3,(H,22,26). The fourth-order valence-electron chi connectivity index (χ4n) is 4.02. The van der Waals surface area contributed by atoms with E-state index in [1.165, 1.54) is 4.70 Å². The number of aryl methyl sites for hydroxylation is 2. The number of rotatable bonds is 3. The highest BCUT2D eigenvalue weighted by atomic mass is 32.1. The lowest BCUT2D eigenvalue weighted by Crippen LogP contribution is -2.39. The van der Waals surface area contributed by atoms with Gasteiger partial charge in [0.05, 0.1) is 33.0 Å². The summed E-state index contributed by atoms with van der Waals surface area (Å²) >= 11 is 1.70. The van der Waals surface area contributed by atoms with Gasteiger partial charge in [-0.15, -0.1) is 11.3 Å². The molecule has 0 saturated carbocycles. The Balaban J connectivity index is 1.26. The molecule has 2 aliphatic heterocycles. The summed E-state index contributed by atoms with van der Waals surface area (Å²) in [6, 6.07) is 8.12. The summed E-state index contributed by atoms with van der Waals surface area (Å²) in [4.78, 5) is 23.4. The first kappa shape index (κ1) is 17.4. The van der Waals surface area contributed by atoms with Crippen LogP contribution >= 0.6 is 11.3 Å². The van der Waals surface area contributed by atoms with Crippen LogP contribution in [0.25, 0.3) is 10.2 Å². The van der Waals surface area contributed by atoms with E-state index >= 15 is 0 Å². The van der Waals surface area contributed by atoms with Gasteiger partial charge in [-0.1, -0.05) is 0 Å². The number of nitrogens with zero attached hydrogens (tertiary/aromatic N) is 3. The molecule has 2 aliphatic rings. The molecule has 5 rings (SSSR count). The van der Waals surface area contributed by atoms with Gasteiger partial charge in [0.2, 0.25) is 0 Å². The Morgan fingerprint density at radius 1 is 1.18 bits per heavy atom. The molecule has 1 amide bonds. The predicted octanol–water partition coefficient (Wildman–Crippen LogP) is 3.60. The number of thiazole rings is 1.